The molecule has 0 saturated carbocycles. The first kappa shape index (κ1) is 25.7. The van der Waals surface area contributed by atoms with Crippen LogP contribution in [0.5, 0.6) is 0 Å². The van der Waals surface area contributed by atoms with Gasteiger partial charge in [0.15, 0.2) is 0 Å². The van der Waals surface area contributed by atoms with Crippen molar-refractivity contribution >= 4 is 23.8 Å². The maximum absolute atomic E-state index is 13.1. The van der Waals surface area contributed by atoms with E-state index in [1.54, 1.807) is 12.1 Å². The van der Waals surface area contributed by atoms with Crippen molar-refractivity contribution < 1.29 is 22.8 Å². The summed E-state index contributed by atoms with van der Waals surface area (Å²) in [7, 11) is 0. The van der Waals surface area contributed by atoms with Crippen molar-refractivity contribution in [1.82, 2.24) is 15.2 Å². The molecule has 0 spiro atoms. The van der Waals surface area contributed by atoms with Gasteiger partial charge in [0.05, 0.1) is 5.69 Å². The minimum Gasteiger partial charge on any atom is -0.351 e. The first-order chi connectivity index (χ1) is 15.9. The van der Waals surface area contributed by atoms with Crippen molar-refractivity contribution in [3.63, 3.8) is 0 Å². The van der Waals surface area contributed by atoms with Gasteiger partial charge >= 0.3 is 6.18 Å². The molecule has 0 atom stereocenters. The van der Waals surface area contributed by atoms with Crippen LogP contribution in [0.3, 0.4) is 0 Å². The van der Waals surface area contributed by atoms with Crippen LogP contribution in [-0.2, 0) is 22.3 Å². The summed E-state index contributed by atoms with van der Waals surface area (Å²) in [5.41, 5.74) is 0.960. The number of piperidine rings is 1. The Hall–Kier alpha value is -2.94. The zero-order valence-electron chi connectivity index (χ0n) is 19.9. The van der Waals surface area contributed by atoms with E-state index in [-0.39, 0.29) is 23.2 Å². The summed E-state index contributed by atoms with van der Waals surface area (Å²) in [4.78, 5) is 31.3. The number of pyridine rings is 1. The Kier molecular flexibility index (Phi) is 7.65. The average Bonchev–Trinajstić information content (AvgIpc) is 2.73. The van der Waals surface area contributed by atoms with E-state index in [1.165, 1.54) is 12.1 Å². The Bertz CT molecular complexity index is 1030. The molecular weight excluding hydrogens is 445 g/mol. The minimum atomic E-state index is -4.60. The number of amides is 2. The molecule has 0 unspecified atom stereocenters. The number of benzene rings is 1. The van der Waals surface area contributed by atoms with Crippen LogP contribution in [0.1, 0.15) is 50.4 Å². The van der Waals surface area contributed by atoms with E-state index >= 15 is 0 Å². The minimum absolute atomic E-state index is 0.0129. The normalized spacial score (nSPS) is 15.7. The smallest absolute Gasteiger partial charge is 0.351 e. The van der Waals surface area contributed by atoms with Gasteiger partial charge in [0.2, 0.25) is 12.3 Å². The highest BCUT2D eigenvalue weighted by Gasteiger charge is 2.33. The first-order valence-electron chi connectivity index (χ1n) is 11.3. The van der Waals surface area contributed by atoms with Crippen molar-refractivity contribution in [3.8, 4) is 0 Å². The number of carbonyl (C=O) groups is 2. The number of aromatic nitrogens is 1. The molecule has 9 heteroatoms. The Morgan fingerprint density at radius 1 is 1.18 bits per heavy atom. The standard InChI is InChI=1S/C25H31F3N4O2/c1-17-12-18(15-31-10-8-19(9-11-31)23(34)30-24(2,3)4)14-20(13-17)32(16-33)22-7-5-6-21(29-22)25(26,27)28/h5-7,12-14,16,19H,8-11,15H2,1-4H3,(H,30,34). The SMILES string of the molecule is Cc1cc(CN2CCC(C(=O)NC(C)(C)C)CC2)cc(N(C=O)c2cccc(C(F)(F)F)n2)c1. The summed E-state index contributed by atoms with van der Waals surface area (Å²) >= 11 is 0. The van der Waals surface area contributed by atoms with Crippen LogP contribution in [0.25, 0.3) is 0 Å². The van der Waals surface area contributed by atoms with Gasteiger partial charge in [-0.2, -0.15) is 13.2 Å². The fourth-order valence-corrected chi connectivity index (χ4v) is 4.12. The molecule has 1 aliphatic heterocycles. The quantitative estimate of drug-likeness (QED) is 0.607. The lowest BCUT2D eigenvalue weighted by atomic mass is 9.94. The van der Waals surface area contributed by atoms with Gasteiger partial charge in [-0.15, -0.1) is 0 Å². The van der Waals surface area contributed by atoms with Crippen LogP contribution in [0.2, 0.25) is 0 Å². The number of halogens is 3. The van der Waals surface area contributed by atoms with Crippen molar-refractivity contribution in [2.75, 3.05) is 18.0 Å². The number of rotatable bonds is 6. The summed E-state index contributed by atoms with van der Waals surface area (Å²) in [5, 5.41) is 3.04. The second kappa shape index (κ2) is 10.1. The van der Waals surface area contributed by atoms with Gasteiger partial charge in [0.25, 0.3) is 0 Å². The maximum atomic E-state index is 13.1. The van der Waals surface area contributed by atoms with E-state index in [0.717, 1.165) is 48.0 Å². The highest BCUT2D eigenvalue weighted by Crippen LogP contribution is 2.31. The van der Waals surface area contributed by atoms with E-state index in [0.29, 0.717) is 18.6 Å². The lowest BCUT2D eigenvalue weighted by molar-refractivity contribution is -0.141. The van der Waals surface area contributed by atoms with Crippen LogP contribution < -0.4 is 10.2 Å². The predicted molar refractivity (Wildman–Crippen MR) is 125 cm³/mol. The van der Waals surface area contributed by atoms with E-state index in [4.69, 9.17) is 0 Å². The Morgan fingerprint density at radius 2 is 1.85 bits per heavy atom. The Labute approximate surface area is 198 Å². The van der Waals surface area contributed by atoms with Crippen molar-refractivity contribution in [3.05, 3.63) is 53.2 Å². The number of likely N-dealkylation sites (tertiary alicyclic amines) is 1. The van der Waals surface area contributed by atoms with Gasteiger partial charge in [-0.3, -0.25) is 19.4 Å². The molecule has 0 radical (unpaired) electrons. The summed E-state index contributed by atoms with van der Waals surface area (Å²) in [6, 6.07) is 9.01. The topological polar surface area (TPSA) is 65.5 Å². The van der Waals surface area contributed by atoms with E-state index in [1.807, 2.05) is 33.8 Å². The monoisotopic (exact) mass is 476 g/mol. The van der Waals surface area contributed by atoms with Crippen LogP contribution in [0.4, 0.5) is 24.7 Å². The highest BCUT2D eigenvalue weighted by atomic mass is 19.4. The predicted octanol–water partition coefficient (Wildman–Crippen LogP) is 4.83. The number of anilines is 2. The highest BCUT2D eigenvalue weighted by molar-refractivity contribution is 5.85. The summed E-state index contributed by atoms with van der Waals surface area (Å²) in [5.74, 6) is -0.0201. The molecule has 0 aliphatic carbocycles. The summed E-state index contributed by atoms with van der Waals surface area (Å²) in [6.07, 6.45) is -2.61. The van der Waals surface area contributed by atoms with Gasteiger partial charge in [0.1, 0.15) is 11.5 Å². The average molecular weight is 477 g/mol. The molecule has 1 fully saturated rings. The number of alkyl halides is 3. The Balaban J connectivity index is 1.72. The number of nitrogens with zero attached hydrogens (tertiary/aromatic N) is 3. The molecule has 1 N–H and O–H groups in total. The maximum Gasteiger partial charge on any atom is 0.433 e. The third-order valence-corrected chi connectivity index (χ3v) is 5.64. The lowest BCUT2D eigenvalue weighted by Crippen LogP contribution is -2.46. The van der Waals surface area contributed by atoms with Gasteiger partial charge in [-0.1, -0.05) is 12.1 Å². The number of hydrogen-bond acceptors (Lipinski definition) is 4. The van der Waals surface area contributed by atoms with Crippen molar-refractivity contribution in [2.45, 2.75) is 58.8 Å². The Morgan fingerprint density at radius 3 is 2.44 bits per heavy atom. The zero-order chi connectivity index (χ0) is 25.1. The fourth-order valence-electron chi connectivity index (χ4n) is 4.12. The van der Waals surface area contributed by atoms with Crippen LogP contribution in [-0.4, -0.2) is 40.8 Å². The molecule has 34 heavy (non-hydrogen) atoms. The number of hydrogen-bond donors (Lipinski definition) is 1. The molecule has 3 rings (SSSR count). The van der Waals surface area contributed by atoms with E-state index in [9.17, 15) is 22.8 Å². The van der Waals surface area contributed by atoms with Gasteiger partial charge < -0.3 is 5.32 Å². The summed E-state index contributed by atoms with van der Waals surface area (Å²) in [6.45, 7) is 9.91. The third kappa shape index (κ3) is 6.79. The number of nitrogens with one attached hydrogen (secondary N) is 1. The number of aryl methyl sites for hydroxylation is 1. The van der Waals surface area contributed by atoms with Crippen LogP contribution >= 0.6 is 0 Å². The molecule has 1 aliphatic rings. The lowest BCUT2D eigenvalue weighted by Gasteiger charge is -2.33. The molecule has 6 nitrogen and oxygen atoms in total. The van der Waals surface area contributed by atoms with Gasteiger partial charge in [0, 0.05) is 18.0 Å². The zero-order valence-corrected chi connectivity index (χ0v) is 19.9. The van der Waals surface area contributed by atoms with Crippen molar-refractivity contribution in [2.24, 2.45) is 5.92 Å². The summed E-state index contributed by atoms with van der Waals surface area (Å²) < 4.78 is 39.3. The molecule has 0 bridgehead atoms. The van der Waals surface area contributed by atoms with Crippen LogP contribution in [0.15, 0.2) is 36.4 Å². The second-order valence-corrected chi connectivity index (χ2v) is 9.82. The third-order valence-electron chi connectivity index (χ3n) is 5.64. The van der Waals surface area contributed by atoms with Crippen molar-refractivity contribution in [1.29, 1.82) is 0 Å². The molecule has 2 aromatic rings. The van der Waals surface area contributed by atoms with E-state index < -0.39 is 11.9 Å². The number of carbonyl (C=O) groups excluding carboxylic acids is 2. The first-order valence-corrected chi connectivity index (χ1v) is 11.3. The molecule has 1 saturated heterocycles. The second-order valence-electron chi connectivity index (χ2n) is 9.82. The van der Waals surface area contributed by atoms with Gasteiger partial charge in [-0.05, 0) is 89.0 Å². The fraction of sp³-hybridized carbons (Fsp3) is 0.480. The molecule has 1 aromatic carbocycles. The molecule has 2 amide bonds. The van der Waals surface area contributed by atoms with Crippen LogP contribution in [0, 0.1) is 12.8 Å². The molecule has 2 heterocycles. The molecule has 184 valence electrons. The molecular formula is C25H31F3N4O2. The van der Waals surface area contributed by atoms with E-state index in [2.05, 4.69) is 15.2 Å². The molecule has 1 aromatic heterocycles. The largest absolute Gasteiger partial charge is 0.433 e. The van der Waals surface area contributed by atoms with Gasteiger partial charge in [-0.25, -0.2) is 4.98 Å².